The summed E-state index contributed by atoms with van der Waals surface area (Å²) in [6.45, 7) is -0.126. The number of aliphatic hydroxyl groups excluding tert-OH is 1. The minimum atomic E-state index is -0.294. The van der Waals surface area contributed by atoms with Gasteiger partial charge in [0.25, 0.3) is 0 Å². The summed E-state index contributed by atoms with van der Waals surface area (Å²) < 4.78 is 12.8. The SMILES string of the molecule is Nc1cc(CO)c(-c2ccc(F)cc2)cn1. The molecule has 3 N–H and O–H groups in total. The summed E-state index contributed by atoms with van der Waals surface area (Å²) in [5.41, 5.74) is 7.77. The molecule has 82 valence electrons. The van der Waals surface area contributed by atoms with Crippen molar-refractivity contribution in [3.8, 4) is 11.1 Å². The smallest absolute Gasteiger partial charge is 0.123 e. The molecule has 2 aromatic rings. The summed E-state index contributed by atoms with van der Waals surface area (Å²) >= 11 is 0. The number of benzene rings is 1. The number of hydrogen-bond acceptors (Lipinski definition) is 3. The molecule has 0 fully saturated rings. The van der Waals surface area contributed by atoms with E-state index in [1.807, 2.05) is 0 Å². The molecule has 1 aromatic carbocycles. The summed E-state index contributed by atoms with van der Waals surface area (Å²) in [7, 11) is 0. The average Bonchev–Trinajstić information content (AvgIpc) is 2.30. The molecule has 3 nitrogen and oxygen atoms in total. The first-order chi connectivity index (χ1) is 7.70. The molecule has 0 aliphatic heterocycles. The normalized spacial score (nSPS) is 10.4. The molecule has 2 rings (SSSR count). The Labute approximate surface area is 92.4 Å². The van der Waals surface area contributed by atoms with Crippen molar-refractivity contribution in [2.24, 2.45) is 0 Å². The van der Waals surface area contributed by atoms with Crippen molar-refractivity contribution in [2.45, 2.75) is 6.61 Å². The van der Waals surface area contributed by atoms with Gasteiger partial charge in [0.1, 0.15) is 11.6 Å². The van der Waals surface area contributed by atoms with Crippen LogP contribution in [0, 0.1) is 5.82 Å². The highest BCUT2D eigenvalue weighted by atomic mass is 19.1. The van der Waals surface area contributed by atoms with E-state index in [-0.39, 0.29) is 12.4 Å². The average molecular weight is 218 g/mol. The van der Waals surface area contributed by atoms with E-state index >= 15 is 0 Å². The zero-order valence-electron chi connectivity index (χ0n) is 8.52. The van der Waals surface area contributed by atoms with Gasteiger partial charge in [0, 0.05) is 11.8 Å². The Morgan fingerprint density at radius 2 is 1.94 bits per heavy atom. The van der Waals surface area contributed by atoms with E-state index < -0.39 is 0 Å². The van der Waals surface area contributed by atoms with E-state index in [0.717, 1.165) is 11.1 Å². The summed E-state index contributed by atoms with van der Waals surface area (Å²) in [5.74, 6) is 0.0626. The second kappa shape index (κ2) is 4.28. The maximum atomic E-state index is 12.8. The van der Waals surface area contributed by atoms with E-state index in [4.69, 9.17) is 5.73 Å². The summed E-state index contributed by atoms with van der Waals surface area (Å²) in [6, 6.07) is 7.63. The fourth-order valence-electron chi connectivity index (χ4n) is 1.54. The first-order valence-corrected chi connectivity index (χ1v) is 4.82. The van der Waals surface area contributed by atoms with Gasteiger partial charge in [0.15, 0.2) is 0 Å². The predicted octanol–water partition coefficient (Wildman–Crippen LogP) is 1.96. The van der Waals surface area contributed by atoms with Crippen molar-refractivity contribution in [2.75, 3.05) is 5.73 Å². The highest BCUT2D eigenvalue weighted by Crippen LogP contribution is 2.24. The Kier molecular flexibility index (Phi) is 2.83. The number of rotatable bonds is 2. The maximum Gasteiger partial charge on any atom is 0.123 e. The van der Waals surface area contributed by atoms with E-state index in [1.54, 1.807) is 24.4 Å². The van der Waals surface area contributed by atoms with Gasteiger partial charge in [-0.3, -0.25) is 0 Å². The lowest BCUT2D eigenvalue weighted by Crippen LogP contribution is -1.96. The lowest BCUT2D eigenvalue weighted by Gasteiger charge is -2.07. The molecule has 0 amide bonds. The Balaban J connectivity index is 2.51. The van der Waals surface area contributed by atoms with E-state index in [1.165, 1.54) is 12.1 Å². The van der Waals surface area contributed by atoms with E-state index in [9.17, 15) is 9.50 Å². The molecule has 1 aromatic heterocycles. The van der Waals surface area contributed by atoms with Crippen LogP contribution in [-0.2, 0) is 6.61 Å². The van der Waals surface area contributed by atoms with Gasteiger partial charge in [-0.2, -0.15) is 0 Å². The highest BCUT2D eigenvalue weighted by Gasteiger charge is 2.05. The molecular weight excluding hydrogens is 207 g/mol. The first-order valence-electron chi connectivity index (χ1n) is 4.82. The van der Waals surface area contributed by atoms with Crippen molar-refractivity contribution in [3.63, 3.8) is 0 Å². The fourth-order valence-corrected chi connectivity index (χ4v) is 1.54. The van der Waals surface area contributed by atoms with Crippen LogP contribution in [0.25, 0.3) is 11.1 Å². The molecule has 0 spiro atoms. The van der Waals surface area contributed by atoms with Crippen LogP contribution in [0.2, 0.25) is 0 Å². The molecule has 0 atom stereocenters. The number of aliphatic hydroxyl groups is 1. The molecule has 0 saturated carbocycles. The zero-order valence-corrected chi connectivity index (χ0v) is 8.52. The number of aromatic nitrogens is 1. The molecule has 0 aliphatic rings. The number of nitrogens with two attached hydrogens (primary N) is 1. The quantitative estimate of drug-likeness (QED) is 0.810. The largest absolute Gasteiger partial charge is 0.392 e. The van der Waals surface area contributed by atoms with E-state index in [2.05, 4.69) is 4.98 Å². The Morgan fingerprint density at radius 1 is 1.25 bits per heavy atom. The molecule has 0 bridgehead atoms. The maximum absolute atomic E-state index is 12.8. The lowest BCUT2D eigenvalue weighted by atomic mass is 10.0. The molecule has 4 heteroatoms. The van der Waals surface area contributed by atoms with Crippen molar-refractivity contribution in [3.05, 3.63) is 47.9 Å². The molecule has 0 saturated heterocycles. The van der Waals surface area contributed by atoms with Gasteiger partial charge in [-0.15, -0.1) is 0 Å². The number of anilines is 1. The Bertz CT molecular complexity index is 497. The van der Waals surface area contributed by atoms with Gasteiger partial charge in [0.2, 0.25) is 0 Å². The molecule has 0 unspecified atom stereocenters. The predicted molar refractivity (Wildman–Crippen MR) is 60.0 cm³/mol. The molecule has 16 heavy (non-hydrogen) atoms. The molecule has 0 aliphatic carbocycles. The summed E-state index contributed by atoms with van der Waals surface area (Å²) in [6.07, 6.45) is 1.58. The third-order valence-corrected chi connectivity index (χ3v) is 2.34. The standard InChI is InChI=1S/C12H11FN2O/c13-10-3-1-8(2-4-10)11-6-15-12(14)5-9(11)7-16/h1-6,16H,7H2,(H2,14,15). The zero-order chi connectivity index (χ0) is 11.5. The number of nitrogens with zero attached hydrogens (tertiary/aromatic N) is 1. The third kappa shape index (κ3) is 2.01. The lowest BCUT2D eigenvalue weighted by molar-refractivity contribution is 0.282. The van der Waals surface area contributed by atoms with Crippen molar-refractivity contribution in [1.82, 2.24) is 4.98 Å². The molecule has 1 heterocycles. The minimum Gasteiger partial charge on any atom is -0.392 e. The Morgan fingerprint density at radius 3 is 2.56 bits per heavy atom. The Hall–Kier alpha value is -1.94. The van der Waals surface area contributed by atoms with Gasteiger partial charge in [0.05, 0.1) is 6.61 Å². The number of pyridine rings is 1. The third-order valence-electron chi connectivity index (χ3n) is 2.34. The number of halogens is 1. The van der Waals surface area contributed by atoms with Crippen LogP contribution >= 0.6 is 0 Å². The van der Waals surface area contributed by atoms with Crippen LogP contribution in [0.3, 0.4) is 0 Å². The van der Waals surface area contributed by atoms with Crippen LogP contribution in [0.15, 0.2) is 36.5 Å². The number of nitrogen functional groups attached to an aromatic ring is 1. The van der Waals surface area contributed by atoms with Gasteiger partial charge in [-0.25, -0.2) is 9.37 Å². The van der Waals surface area contributed by atoms with Crippen LogP contribution in [0.4, 0.5) is 10.2 Å². The summed E-state index contributed by atoms with van der Waals surface area (Å²) in [5, 5.41) is 9.20. The highest BCUT2D eigenvalue weighted by molar-refractivity contribution is 5.67. The summed E-state index contributed by atoms with van der Waals surface area (Å²) in [4.78, 5) is 3.96. The van der Waals surface area contributed by atoms with Crippen LogP contribution in [-0.4, -0.2) is 10.1 Å². The van der Waals surface area contributed by atoms with Crippen LogP contribution in [0.5, 0.6) is 0 Å². The van der Waals surface area contributed by atoms with Crippen molar-refractivity contribution >= 4 is 5.82 Å². The van der Waals surface area contributed by atoms with E-state index in [0.29, 0.717) is 11.4 Å². The van der Waals surface area contributed by atoms with Gasteiger partial charge in [-0.1, -0.05) is 12.1 Å². The molecular formula is C12H11FN2O. The van der Waals surface area contributed by atoms with Crippen LogP contribution in [0.1, 0.15) is 5.56 Å². The van der Waals surface area contributed by atoms with Crippen molar-refractivity contribution < 1.29 is 9.50 Å². The van der Waals surface area contributed by atoms with Gasteiger partial charge in [-0.05, 0) is 29.3 Å². The fraction of sp³-hybridized carbons (Fsp3) is 0.0833. The second-order valence-corrected chi connectivity index (χ2v) is 3.43. The first kappa shape index (κ1) is 10.6. The number of hydrogen-bond donors (Lipinski definition) is 2. The monoisotopic (exact) mass is 218 g/mol. The van der Waals surface area contributed by atoms with Crippen LogP contribution < -0.4 is 5.73 Å². The van der Waals surface area contributed by atoms with Gasteiger partial charge >= 0.3 is 0 Å². The molecule has 0 radical (unpaired) electrons. The minimum absolute atomic E-state index is 0.126. The topological polar surface area (TPSA) is 59.1 Å². The second-order valence-electron chi connectivity index (χ2n) is 3.43. The van der Waals surface area contributed by atoms with Crippen molar-refractivity contribution in [1.29, 1.82) is 0 Å². The van der Waals surface area contributed by atoms with Gasteiger partial charge < -0.3 is 10.8 Å².